The van der Waals surface area contributed by atoms with E-state index in [1.165, 1.54) is 23.5 Å². The first-order valence-electron chi connectivity index (χ1n) is 4.92. The Morgan fingerprint density at radius 2 is 2.17 bits per heavy atom. The maximum Gasteiger partial charge on any atom is 0.124 e. The third kappa shape index (κ3) is 2.74. The molecular weight excluding hydrogens is 384 g/mol. The molecule has 0 atom stereocenters. The minimum Gasteiger partial charge on any atom is -0.207 e. The third-order valence-corrected chi connectivity index (χ3v) is 4.44. The van der Waals surface area contributed by atoms with Gasteiger partial charge in [0, 0.05) is 14.0 Å². The first-order chi connectivity index (χ1) is 8.63. The molecule has 0 bridgehead atoms. The van der Waals surface area contributed by atoms with Crippen LogP contribution in [0.2, 0.25) is 0 Å². The second-order valence-electron chi connectivity index (χ2n) is 3.40. The highest BCUT2D eigenvalue weighted by Gasteiger charge is 2.13. The summed E-state index contributed by atoms with van der Waals surface area (Å²) in [6.45, 7) is 0. The summed E-state index contributed by atoms with van der Waals surface area (Å²) in [6.07, 6.45) is 0. The number of nitrogens with zero attached hydrogens (tertiary/aromatic N) is 1. The number of benzene rings is 1. The molecule has 1 nitrogen and oxygen atoms in total. The molecular formula is C13H6ClFINS. The molecule has 0 unspecified atom stereocenters. The SMILES string of the molecule is N#C/C(=C(\Cl)c1ccc(F)cc1I)c1cccs1. The van der Waals surface area contributed by atoms with Gasteiger partial charge in [-0.05, 0) is 52.2 Å². The molecule has 0 radical (unpaired) electrons. The second-order valence-corrected chi connectivity index (χ2v) is 5.89. The molecule has 0 aliphatic heterocycles. The number of hydrogen-bond acceptors (Lipinski definition) is 2. The monoisotopic (exact) mass is 389 g/mol. The Labute approximate surface area is 127 Å². The van der Waals surface area contributed by atoms with Gasteiger partial charge in [-0.15, -0.1) is 11.3 Å². The first-order valence-corrected chi connectivity index (χ1v) is 7.26. The molecule has 0 aliphatic rings. The predicted molar refractivity (Wildman–Crippen MR) is 81.7 cm³/mol. The standard InChI is InChI=1S/C13H6ClFINS/c14-13(9-4-3-8(15)6-11(9)16)10(7-17)12-2-1-5-18-12/h1-6H/b13-10+. The van der Waals surface area contributed by atoms with Crippen LogP contribution in [0.1, 0.15) is 10.4 Å². The van der Waals surface area contributed by atoms with Crippen molar-refractivity contribution in [2.75, 3.05) is 0 Å². The van der Waals surface area contributed by atoms with Crippen LogP contribution >= 0.6 is 45.5 Å². The van der Waals surface area contributed by atoms with Crippen LogP contribution in [0, 0.1) is 20.7 Å². The van der Waals surface area contributed by atoms with Gasteiger partial charge < -0.3 is 0 Å². The van der Waals surface area contributed by atoms with Crippen LogP contribution in [0.5, 0.6) is 0 Å². The Morgan fingerprint density at radius 1 is 1.39 bits per heavy atom. The van der Waals surface area contributed by atoms with Crippen LogP contribution in [0.15, 0.2) is 35.7 Å². The molecule has 0 saturated heterocycles. The molecule has 5 heteroatoms. The minimum absolute atomic E-state index is 0.317. The number of hydrogen-bond donors (Lipinski definition) is 0. The van der Waals surface area contributed by atoms with E-state index < -0.39 is 0 Å². The van der Waals surface area contributed by atoms with Crippen molar-refractivity contribution < 1.29 is 4.39 Å². The average molecular weight is 390 g/mol. The van der Waals surface area contributed by atoms with Gasteiger partial charge >= 0.3 is 0 Å². The molecule has 2 aromatic rings. The van der Waals surface area contributed by atoms with E-state index in [4.69, 9.17) is 11.6 Å². The molecule has 2 rings (SSSR count). The minimum atomic E-state index is -0.317. The van der Waals surface area contributed by atoms with Crippen LogP contribution in [0.3, 0.4) is 0 Å². The predicted octanol–water partition coefficient (Wildman–Crippen LogP) is 5.12. The summed E-state index contributed by atoms with van der Waals surface area (Å²) < 4.78 is 13.7. The average Bonchev–Trinajstić information content (AvgIpc) is 2.83. The number of halogens is 3. The van der Waals surface area contributed by atoms with Crippen molar-refractivity contribution in [1.29, 1.82) is 5.26 Å². The molecule has 0 spiro atoms. The largest absolute Gasteiger partial charge is 0.207 e. The van der Waals surface area contributed by atoms with Crippen LogP contribution in [-0.4, -0.2) is 0 Å². The van der Waals surface area contributed by atoms with Gasteiger partial charge in [0.25, 0.3) is 0 Å². The topological polar surface area (TPSA) is 23.8 Å². The maximum atomic E-state index is 13.0. The summed E-state index contributed by atoms with van der Waals surface area (Å²) in [5.41, 5.74) is 1.08. The molecule has 1 heterocycles. The normalized spacial score (nSPS) is 11.9. The van der Waals surface area contributed by atoms with Gasteiger partial charge in [0.1, 0.15) is 11.9 Å². The fourth-order valence-electron chi connectivity index (χ4n) is 1.44. The van der Waals surface area contributed by atoms with E-state index >= 15 is 0 Å². The number of nitriles is 1. The zero-order chi connectivity index (χ0) is 13.1. The Bertz CT molecular complexity index is 644. The molecule has 0 fully saturated rings. The van der Waals surface area contributed by atoms with Gasteiger partial charge in [0.2, 0.25) is 0 Å². The molecule has 18 heavy (non-hydrogen) atoms. The van der Waals surface area contributed by atoms with E-state index in [-0.39, 0.29) is 5.82 Å². The lowest BCUT2D eigenvalue weighted by atomic mass is 10.1. The molecule has 90 valence electrons. The van der Waals surface area contributed by atoms with E-state index in [9.17, 15) is 9.65 Å². The number of allylic oxidation sites excluding steroid dienone is 1. The Balaban J connectivity index is 2.58. The molecule has 1 aromatic heterocycles. The molecule has 0 N–H and O–H groups in total. The van der Waals surface area contributed by atoms with E-state index in [1.807, 2.05) is 40.1 Å². The molecule has 1 aromatic carbocycles. The Hall–Kier alpha value is -0.900. The lowest BCUT2D eigenvalue weighted by Gasteiger charge is -2.05. The van der Waals surface area contributed by atoms with Crippen LogP contribution in [-0.2, 0) is 0 Å². The van der Waals surface area contributed by atoms with Crippen molar-refractivity contribution in [2.45, 2.75) is 0 Å². The zero-order valence-corrected chi connectivity index (χ0v) is 12.7. The van der Waals surface area contributed by atoms with E-state index in [1.54, 1.807) is 6.07 Å². The van der Waals surface area contributed by atoms with Crippen LogP contribution in [0.25, 0.3) is 10.6 Å². The fraction of sp³-hybridized carbons (Fsp3) is 0. The molecule has 0 saturated carbocycles. The van der Waals surface area contributed by atoms with Gasteiger partial charge in [-0.25, -0.2) is 4.39 Å². The maximum absolute atomic E-state index is 13.0. The van der Waals surface area contributed by atoms with Gasteiger partial charge in [-0.2, -0.15) is 5.26 Å². The first kappa shape index (κ1) is 13.5. The molecule has 0 amide bonds. The van der Waals surface area contributed by atoms with Crippen LogP contribution in [0.4, 0.5) is 4.39 Å². The van der Waals surface area contributed by atoms with Gasteiger partial charge in [0.05, 0.1) is 10.6 Å². The Kier molecular flexibility index (Phi) is 4.38. The zero-order valence-electron chi connectivity index (χ0n) is 8.95. The van der Waals surface area contributed by atoms with Crippen molar-refractivity contribution in [2.24, 2.45) is 0 Å². The summed E-state index contributed by atoms with van der Waals surface area (Å²) in [4.78, 5) is 0.808. The second kappa shape index (κ2) is 5.83. The van der Waals surface area contributed by atoms with E-state index in [0.717, 1.165) is 4.88 Å². The van der Waals surface area contributed by atoms with Crippen molar-refractivity contribution >= 4 is 56.1 Å². The van der Waals surface area contributed by atoms with Crippen molar-refractivity contribution in [3.8, 4) is 6.07 Å². The van der Waals surface area contributed by atoms with Gasteiger partial charge in [-0.3, -0.25) is 0 Å². The third-order valence-electron chi connectivity index (χ3n) is 2.27. The number of rotatable bonds is 2. The van der Waals surface area contributed by atoms with Crippen molar-refractivity contribution in [3.63, 3.8) is 0 Å². The lowest BCUT2D eigenvalue weighted by Crippen LogP contribution is -1.89. The van der Waals surface area contributed by atoms with Gasteiger partial charge in [0.15, 0.2) is 0 Å². The van der Waals surface area contributed by atoms with E-state index in [0.29, 0.717) is 19.7 Å². The smallest absolute Gasteiger partial charge is 0.124 e. The Morgan fingerprint density at radius 3 is 2.72 bits per heavy atom. The number of thiophene rings is 1. The summed E-state index contributed by atoms with van der Waals surface area (Å²) in [6, 6.07) is 10.1. The quantitative estimate of drug-likeness (QED) is 0.516. The molecule has 0 aliphatic carbocycles. The highest BCUT2D eigenvalue weighted by atomic mass is 127. The summed E-state index contributed by atoms with van der Waals surface area (Å²) >= 11 is 9.71. The summed E-state index contributed by atoms with van der Waals surface area (Å²) in [7, 11) is 0. The summed E-state index contributed by atoms with van der Waals surface area (Å²) in [5, 5.41) is 11.4. The van der Waals surface area contributed by atoms with Crippen molar-refractivity contribution in [1.82, 2.24) is 0 Å². The highest BCUT2D eigenvalue weighted by molar-refractivity contribution is 14.1. The van der Waals surface area contributed by atoms with Crippen molar-refractivity contribution in [3.05, 3.63) is 55.5 Å². The van der Waals surface area contributed by atoms with Crippen LogP contribution < -0.4 is 0 Å². The summed E-state index contributed by atoms with van der Waals surface area (Å²) in [5.74, 6) is -0.317. The lowest BCUT2D eigenvalue weighted by molar-refractivity contribution is 0.626. The fourth-order valence-corrected chi connectivity index (χ4v) is 3.43. The van der Waals surface area contributed by atoms with E-state index in [2.05, 4.69) is 6.07 Å². The highest BCUT2D eigenvalue weighted by Crippen LogP contribution is 2.33. The van der Waals surface area contributed by atoms with Gasteiger partial charge in [-0.1, -0.05) is 17.7 Å².